The molecule has 2 rings (SSSR count). The number of aromatic nitrogens is 1. The molecule has 0 amide bonds. The molecule has 1 aromatic carbocycles. The minimum Gasteiger partial charge on any atom is -0.491 e. The van der Waals surface area contributed by atoms with Crippen LogP contribution < -0.4 is 15.8 Å². The summed E-state index contributed by atoms with van der Waals surface area (Å²) in [6.07, 6.45) is -4.02. The first-order valence-corrected chi connectivity index (χ1v) is 8.47. The number of ether oxygens (including phenoxy) is 1. The van der Waals surface area contributed by atoms with Crippen molar-refractivity contribution in [2.24, 2.45) is 10.7 Å². The molecule has 0 aliphatic rings. The van der Waals surface area contributed by atoms with E-state index >= 15 is 0 Å². The molecule has 1 aromatic heterocycles. The molecule has 0 saturated heterocycles. The van der Waals surface area contributed by atoms with Gasteiger partial charge in [0.25, 0.3) is 0 Å². The molecule has 0 unspecified atom stereocenters. The van der Waals surface area contributed by atoms with Crippen molar-refractivity contribution in [1.82, 2.24) is 4.98 Å². The van der Waals surface area contributed by atoms with Gasteiger partial charge in [-0.05, 0) is 38.1 Å². The zero-order valence-corrected chi connectivity index (χ0v) is 17.4. The molecular weight excluding hydrogens is 480 g/mol. The topological polar surface area (TPSA) is 72.5 Å². The van der Waals surface area contributed by atoms with Crippen molar-refractivity contribution in [2.75, 3.05) is 11.9 Å². The number of rotatable bonds is 6. The van der Waals surface area contributed by atoms with E-state index < -0.39 is 11.9 Å². The summed E-state index contributed by atoms with van der Waals surface area (Å²) in [5.74, 6) is 0.936. The highest BCUT2D eigenvalue weighted by atomic mass is 127. The second-order valence-electron chi connectivity index (χ2n) is 5.46. The van der Waals surface area contributed by atoms with Crippen LogP contribution in [-0.4, -0.2) is 23.6 Å². The van der Waals surface area contributed by atoms with Gasteiger partial charge in [-0.3, -0.25) is 4.99 Å². The molecule has 0 aliphatic carbocycles. The molecule has 26 heavy (non-hydrogen) atoms. The van der Waals surface area contributed by atoms with E-state index in [1.807, 2.05) is 26.0 Å². The SMILES string of the molecule is CC(C)Oc1ccc(NC(N)=NCCc2nc(C(F)(F)F)cs2)cc1.I. The predicted molar refractivity (Wildman–Crippen MR) is 109 cm³/mol. The molecule has 0 atom stereocenters. The van der Waals surface area contributed by atoms with Crippen molar-refractivity contribution < 1.29 is 17.9 Å². The van der Waals surface area contributed by atoms with Gasteiger partial charge in [-0.15, -0.1) is 35.3 Å². The van der Waals surface area contributed by atoms with Gasteiger partial charge in [-0.1, -0.05) is 0 Å². The lowest BCUT2D eigenvalue weighted by Crippen LogP contribution is -2.23. The third-order valence-corrected chi connectivity index (χ3v) is 3.86. The van der Waals surface area contributed by atoms with Crippen molar-refractivity contribution in [3.05, 3.63) is 40.3 Å². The van der Waals surface area contributed by atoms with Crippen LogP contribution in [0.1, 0.15) is 24.5 Å². The molecule has 1 heterocycles. The fourth-order valence-corrected chi connectivity index (χ4v) is 2.70. The maximum Gasteiger partial charge on any atom is 0.434 e. The van der Waals surface area contributed by atoms with Gasteiger partial charge in [-0.25, -0.2) is 4.98 Å². The van der Waals surface area contributed by atoms with E-state index in [0.29, 0.717) is 11.4 Å². The van der Waals surface area contributed by atoms with Gasteiger partial charge in [0.2, 0.25) is 0 Å². The maximum atomic E-state index is 12.5. The van der Waals surface area contributed by atoms with Crippen molar-refractivity contribution in [1.29, 1.82) is 0 Å². The number of alkyl halides is 3. The van der Waals surface area contributed by atoms with Crippen molar-refractivity contribution >= 4 is 47.0 Å². The van der Waals surface area contributed by atoms with Crippen molar-refractivity contribution in [2.45, 2.75) is 32.5 Å². The zero-order chi connectivity index (χ0) is 18.4. The molecule has 0 aliphatic heterocycles. The van der Waals surface area contributed by atoms with E-state index in [4.69, 9.17) is 10.5 Å². The van der Waals surface area contributed by atoms with Gasteiger partial charge in [0.1, 0.15) is 5.75 Å². The predicted octanol–water partition coefficient (Wildman–Crippen LogP) is 4.54. The summed E-state index contributed by atoms with van der Waals surface area (Å²) >= 11 is 0.963. The van der Waals surface area contributed by atoms with Crippen LogP contribution in [0.4, 0.5) is 18.9 Å². The molecule has 0 saturated carbocycles. The van der Waals surface area contributed by atoms with E-state index in [1.165, 1.54) is 0 Å². The van der Waals surface area contributed by atoms with Crippen LogP contribution in [0.5, 0.6) is 5.75 Å². The summed E-state index contributed by atoms with van der Waals surface area (Å²) in [5, 5.41) is 4.29. The molecule has 0 bridgehead atoms. The van der Waals surface area contributed by atoms with Crippen molar-refractivity contribution in [3.63, 3.8) is 0 Å². The number of benzene rings is 1. The van der Waals surface area contributed by atoms with Gasteiger partial charge in [-0.2, -0.15) is 13.2 Å². The molecule has 0 radical (unpaired) electrons. The van der Waals surface area contributed by atoms with Crippen LogP contribution in [-0.2, 0) is 12.6 Å². The largest absolute Gasteiger partial charge is 0.491 e. The van der Waals surface area contributed by atoms with Gasteiger partial charge < -0.3 is 15.8 Å². The number of hydrogen-bond donors (Lipinski definition) is 2. The van der Waals surface area contributed by atoms with Crippen LogP contribution in [0.3, 0.4) is 0 Å². The Hall–Kier alpha value is -1.56. The monoisotopic (exact) mass is 500 g/mol. The Morgan fingerprint density at radius 2 is 1.96 bits per heavy atom. The first kappa shape index (κ1) is 22.5. The molecule has 10 heteroatoms. The first-order chi connectivity index (χ1) is 11.7. The van der Waals surface area contributed by atoms with Crippen LogP contribution in [0.25, 0.3) is 0 Å². The summed E-state index contributed by atoms with van der Waals surface area (Å²) in [6, 6.07) is 7.22. The average molecular weight is 500 g/mol. The lowest BCUT2D eigenvalue weighted by Gasteiger charge is -2.10. The fraction of sp³-hybridized carbons (Fsp3) is 0.375. The fourth-order valence-electron chi connectivity index (χ4n) is 1.90. The Labute approximate surface area is 170 Å². The number of halogens is 4. The Bertz CT molecular complexity index is 717. The van der Waals surface area contributed by atoms with Crippen LogP contribution >= 0.6 is 35.3 Å². The summed E-state index contributed by atoms with van der Waals surface area (Å²) in [4.78, 5) is 7.64. The van der Waals surface area contributed by atoms with Gasteiger partial charge in [0, 0.05) is 24.0 Å². The third kappa shape index (κ3) is 7.36. The lowest BCUT2D eigenvalue weighted by molar-refractivity contribution is -0.140. The minimum absolute atomic E-state index is 0. The molecule has 5 nitrogen and oxygen atoms in total. The Balaban J connectivity index is 0.00000338. The van der Waals surface area contributed by atoms with Crippen molar-refractivity contribution in [3.8, 4) is 5.75 Å². The first-order valence-electron chi connectivity index (χ1n) is 7.59. The van der Waals surface area contributed by atoms with Gasteiger partial charge in [0.15, 0.2) is 11.7 Å². The smallest absolute Gasteiger partial charge is 0.434 e. The zero-order valence-electron chi connectivity index (χ0n) is 14.2. The molecule has 2 aromatic rings. The summed E-state index contributed by atoms with van der Waals surface area (Å²) < 4.78 is 42.9. The highest BCUT2D eigenvalue weighted by Crippen LogP contribution is 2.30. The number of guanidine groups is 1. The quantitative estimate of drug-likeness (QED) is 0.347. The lowest BCUT2D eigenvalue weighted by atomic mass is 10.3. The molecular formula is C16H20F3IN4OS. The summed E-state index contributed by atoms with van der Waals surface area (Å²) in [6.45, 7) is 4.13. The maximum absolute atomic E-state index is 12.5. The number of hydrogen-bond acceptors (Lipinski definition) is 4. The Morgan fingerprint density at radius 1 is 1.31 bits per heavy atom. The highest BCUT2D eigenvalue weighted by Gasteiger charge is 2.33. The Kier molecular flexibility index (Phi) is 8.60. The summed E-state index contributed by atoms with van der Waals surface area (Å²) in [5.41, 5.74) is 5.65. The van der Waals surface area contributed by atoms with Gasteiger partial charge in [0.05, 0.1) is 11.1 Å². The standard InChI is InChI=1S/C16H19F3N4OS.HI/c1-10(2)24-12-5-3-11(4-6-12)22-15(20)21-8-7-14-23-13(9-25-14)16(17,18)19;/h3-6,9-10H,7-8H2,1-2H3,(H3,20,21,22);1H. The number of thiazole rings is 1. The summed E-state index contributed by atoms with van der Waals surface area (Å²) in [7, 11) is 0. The highest BCUT2D eigenvalue weighted by molar-refractivity contribution is 14.0. The third-order valence-electron chi connectivity index (χ3n) is 2.95. The van der Waals surface area contributed by atoms with Crippen LogP contribution in [0, 0.1) is 0 Å². The number of aliphatic imine (C=N–C) groups is 1. The van der Waals surface area contributed by atoms with E-state index in [-0.39, 0.29) is 42.6 Å². The van der Waals surface area contributed by atoms with E-state index in [0.717, 1.165) is 28.2 Å². The van der Waals surface area contributed by atoms with Crippen LogP contribution in [0.2, 0.25) is 0 Å². The molecule has 0 fully saturated rings. The van der Waals surface area contributed by atoms with Crippen LogP contribution in [0.15, 0.2) is 34.6 Å². The Morgan fingerprint density at radius 3 is 2.50 bits per heavy atom. The van der Waals surface area contributed by atoms with E-state index in [9.17, 15) is 13.2 Å². The van der Waals surface area contributed by atoms with Gasteiger partial charge >= 0.3 is 6.18 Å². The second kappa shape index (κ2) is 9.95. The van der Waals surface area contributed by atoms with E-state index in [1.54, 1.807) is 12.1 Å². The van der Waals surface area contributed by atoms with E-state index in [2.05, 4.69) is 15.3 Å². The average Bonchev–Trinajstić information content (AvgIpc) is 2.98. The normalized spacial score (nSPS) is 12.0. The number of nitrogens with one attached hydrogen (secondary N) is 1. The number of nitrogens with zero attached hydrogens (tertiary/aromatic N) is 2. The molecule has 3 N–H and O–H groups in total. The second-order valence-corrected chi connectivity index (χ2v) is 6.40. The number of anilines is 1. The minimum atomic E-state index is -4.41. The molecule has 144 valence electrons. The molecule has 0 spiro atoms. The number of nitrogens with two attached hydrogens (primary N) is 1.